The van der Waals surface area contributed by atoms with Crippen molar-refractivity contribution in [1.29, 1.82) is 0 Å². The number of hydrogen-bond acceptors (Lipinski definition) is 2. The lowest BCUT2D eigenvalue weighted by Crippen LogP contribution is -2.38. The fourth-order valence-electron chi connectivity index (χ4n) is 3.50. The van der Waals surface area contributed by atoms with Crippen LogP contribution in [0.2, 0.25) is 0 Å². The van der Waals surface area contributed by atoms with Gasteiger partial charge < -0.3 is 10.4 Å². The molecule has 0 saturated carbocycles. The van der Waals surface area contributed by atoms with Crippen LogP contribution < -0.4 is 5.32 Å². The van der Waals surface area contributed by atoms with Gasteiger partial charge in [0.2, 0.25) is 0 Å². The van der Waals surface area contributed by atoms with Crippen LogP contribution in [0.4, 0.5) is 0 Å². The predicted molar refractivity (Wildman–Crippen MR) is 94.1 cm³/mol. The lowest BCUT2D eigenvalue weighted by Gasteiger charge is -2.30. The first-order valence-electron chi connectivity index (χ1n) is 9.32. The van der Waals surface area contributed by atoms with Crippen LogP contribution in [0.25, 0.3) is 0 Å². The van der Waals surface area contributed by atoms with Gasteiger partial charge in [-0.15, -0.1) is 0 Å². The van der Waals surface area contributed by atoms with Crippen LogP contribution >= 0.6 is 0 Å². The molecule has 2 rings (SSSR count). The maximum Gasteiger partial charge on any atom is 0.0945 e. The first-order valence-corrected chi connectivity index (χ1v) is 9.32. The maximum absolute atomic E-state index is 10.5. The van der Waals surface area contributed by atoms with Crippen molar-refractivity contribution in [3.63, 3.8) is 0 Å². The van der Waals surface area contributed by atoms with Gasteiger partial charge in [-0.2, -0.15) is 0 Å². The molecule has 22 heavy (non-hydrogen) atoms. The van der Waals surface area contributed by atoms with E-state index in [-0.39, 0.29) is 12.1 Å². The minimum Gasteiger partial charge on any atom is -0.387 e. The molecule has 0 saturated heterocycles. The van der Waals surface area contributed by atoms with Gasteiger partial charge in [-0.3, -0.25) is 0 Å². The molecule has 0 fully saturated rings. The molecule has 0 radical (unpaired) electrons. The summed E-state index contributed by atoms with van der Waals surface area (Å²) < 4.78 is 0. The van der Waals surface area contributed by atoms with E-state index in [0.717, 1.165) is 24.9 Å². The first-order chi connectivity index (χ1) is 10.8. The van der Waals surface area contributed by atoms with Crippen LogP contribution in [0.5, 0.6) is 0 Å². The van der Waals surface area contributed by atoms with Crippen molar-refractivity contribution in [2.24, 2.45) is 0 Å². The van der Waals surface area contributed by atoms with Gasteiger partial charge in [0.15, 0.2) is 0 Å². The molecule has 1 aliphatic rings. The van der Waals surface area contributed by atoms with Crippen molar-refractivity contribution in [1.82, 2.24) is 5.32 Å². The van der Waals surface area contributed by atoms with Crippen LogP contribution in [-0.2, 0) is 6.42 Å². The summed E-state index contributed by atoms with van der Waals surface area (Å²) in [4.78, 5) is 0. The van der Waals surface area contributed by atoms with Crippen LogP contribution in [0, 0.1) is 0 Å². The highest BCUT2D eigenvalue weighted by Gasteiger charge is 2.26. The predicted octanol–water partition coefficient (Wildman–Crippen LogP) is 4.77. The highest BCUT2D eigenvalue weighted by Crippen LogP contribution is 2.29. The number of unbranched alkanes of at least 4 members (excludes halogenated alkanes) is 7. The molecule has 0 amide bonds. The first kappa shape index (κ1) is 17.5. The third kappa shape index (κ3) is 5.40. The molecule has 2 nitrogen and oxygen atoms in total. The monoisotopic (exact) mass is 303 g/mol. The number of fused-ring (bicyclic) bond motifs is 1. The molecule has 0 heterocycles. The number of rotatable bonds is 10. The molecule has 1 aliphatic carbocycles. The average Bonchev–Trinajstić information content (AvgIpc) is 2.55. The van der Waals surface area contributed by atoms with Crippen LogP contribution in [0.15, 0.2) is 24.3 Å². The van der Waals surface area contributed by atoms with E-state index in [9.17, 15) is 5.11 Å². The van der Waals surface area contributed by atoms with E-state index >= 15 is 0 Å². The van der Waals surface area contributed by atoms with Crippen molar-refractivity contribution in [3.8, 4) is 0 Å². The fraction of sp³-hybridized carbons (Fsp3) is 0.700. The van der Waals surface area contributed by atoms with Gasteiger partial charge in [0.1, 0.15) is 0 Å². The van der Waals surface area contributed by atoms with Crippen LogP contribution in [0.3, 0.4) is 0 Å². The third-order valence-electron chi connectivity index (χ3n) is 4.92. The molecular weight excluding hydrogens is 270 g/mol. The van der Waals surface area contributed by atoms with E-state index < -0.39 is 0 Å². The molecule has 0 spiro atoms. The van der Waals surface area contributed by atoms with E-state index in [4.69, 9.17) is 0 Å². The second-order valence-corrected chi connectivity index (χ2v) is 6.72. The third-order valence-corrected chi connectivity index (χ3v) is 4.92. The van der Waals surface area contributed by atoms with E-state index in [1.165, 1.54) is 56.9 Å². The van der Waals surface area contributed by atoms with Gasteiger partial charge in [-0.25, -0.2) is 0 Å². The largest absolute Gasteiger partial charge is 0.387 e. The minimum atomic E-state index is -0.334. The summed E-state index contributed by atoms with van der Waals surface area (Å²) >= 11 is 0. The summed E-state index contributed by atoms with van der Waals surface area (Å²) in [6, 6.07) is 8.56. The number of aliphatic hydroxyl groups is 1. The molecule has 124 valence electrons. The number of benzene rings is 1. The summed E-state index contributed by atoms with van der Waals surface area (Å²) in [6.07, 6.45) is 12.6. The second kappa shape index (κ2) is 10.0. The Bertz CT molecular complexity index is 418. The Morgan fingerprint density at radius 1 is 1.00 bits per heavy atom. The van der Waals surface area contributed by atoms with Gasteiger partial charge in [0.05, 0.1) is 6.10 Å². The molecule has 2 unspecified atom stereocenters. The van der Waals surface area contributed by atoms with E-state index in [1.54, 1.807) is 0 Å². The molecule has 0 bridgehead atoms. The topological polar surface area (TPSA) is 32.3 Å². The number of aryl methyl sites for hydroxylation is 1. The van der Waals surface area contributed by atoms with Crippen LogP contribution in [0.1, 0.15) is 81.9 Å². The number of nitrogens with one attached hydrogen (secondary N) is 1. The summed E-state index contributed by atoms with van der Waals surface area (Å²) in [6.45, 7) is 3.31. The van der Waals surface area contributed by atoms with Crippen molar-refractivity contribution in [3.05, 3.63) is 35.4 Å². The zero-order valence-electron chi connectivity index (χ0n) is 14.2. The molecule has 1 aromatic carbocycles. The molecule has 2 heteroatoms. The van der Waals surface area contributed by atoms with Gasteiger partial charge in [-0.1, -0.05) is 76.1 Å². The summed E-state index contributed by atoms with van der Waals surface area (Å²) in [7, 11) is 0. The van der Waals surface area contributed by atoms with Crippen molar-refractivity contribution in [2.75, 3.05) is 6.54 Å². The second-order valence-electron chi connectivity index (χ2n) is 6.72. The lowest BCUT2D eigenvalue weighted by atomic mass is 9.86. The molecule has 0 aromatic heterocycles. The van der Waals surface area contributed by atoms with Crippen molar-refractivity contribution in [2.45, 2.75) is 83.3 Å². The maximum atomic E-state index is 10.5. The quantitative estimate of drug-likeness (QED) is 0.610. The Balaban J connectivity index is 1.57. The zero-order valence-corrected chi connectivity index (χ0v) is 14.2. The van der Waals surface area contributed by atoms with Crippen molar-refractivity contribution >= 4 is 0 Å². The van der Waals surface area contributed by atoms with Gasteiger partial charge in [0.25, 0.3) is 0 Å². The number of aliphatic hydroxyl groups excluding tert-OH is 1. The van der Waals surface area contributed by atoms with Crippen LogP contribution in [-0.4, -0.2) is 17.7 Å². The van der Waals surface area contributed by atoms with E-state index in [1.807, 2.05) is 6.07 Å². The smallest absolute Gasteiger partial charge is 0.0945 e. The molecule has 1 aromatic rings. The Morgan fingerprint density at radius 2 is 1.68 bits per heavy atom. The Morgan fingerprint density at radius 3 is 2.45 bits per heavy atom. The van der Waals surface area contributed by atoms with E-state index in [0.29, 0.717) is 0 Å². The summed E-state index contributed by atoms with van der Waals surface area (Å²) in [5, 5.41) is 14.1. The minimum absolute atomic E-state index is 0.236. The highest BCUT2D eigenvalue weighted by atomic mass is 16.3. The fourth-order valence-corrected chi connectivity index (χ4v) is 3.50. The Kier molecular flexibility index (Phi) is 7.96. The van der Waals surface area contributed by atoms with Gasteiger partial charge in [0, 0.05) is 6.04 Å². The molecule has 0 aliphatic heterocycles. The summed E-state index contributed by atoms with van der Waals surface area (Å²) in [5.74, 6) is 0. The Labute approximate surface area is 136 Å². The standard InChI is InChI=1S/C20H33NO/c1-2-3-4-5-6-7-8-11-16-21-19-15-14-17-12-9-10-13-18(17)20(19)22/h9-10,12-13,19-22H,2-8,11,14-16H2,1H3. The average molecular weight is 303 g/mol. The lowest BCUT2D eigenvalue weighted by molar-refractivity contribution is 0.115. The van der Waals surface area contributed by atoms with E-state index in [2.05, 4.69) is 30.4 Å². The zero-order chi connectivity index (χ0) is 15.6. The van der Waals surface area contributed by atoms with Crippen molar-refractivity contribution < 1.29 is 5.11 Å². The Hall–Kier alpha value is -0.860. The molecule has 2 atom stereocenters. The van der Waals surface area contributed by atoms with Gasteiger partial charge >= 0.3 is 0 Å². The number of hydrogen-bond donors (Lipinski definition) is 2. The molecule has 2 N–H and O–H groups in total. The van der Waals surface area contributed by atoms with Gasteiger partial charge in [-0.05, 0) is 36.9 Å². The highest BCUT2D eigenvalue weighted by molar-refractivity contribution is 5.32. The summed E-state index contributed by atoms with van der Waals surface area (Å²) in [5.41, 5.74) is 2.45. The molecular formula is C20H33NO. The SMILES string of the molecule is CCCCCCCCCCNC1CCc2ccccc2C1O. The normalized spacial score (nSPS) is 20.8.